The van der Waals surface area contributed by atoms with Gasteiger partial charge in [0.25, 0.3) is 5.91 Å². The Bertz CT molecular complexity index is 1440. The van der Waals surface area contributed by atoms with Crippen LogP contribution in [-0.2, 0) is 6.54 Å². The van der Waals surface area contributed by atoms with Crippen LogP contribution >= 0.6 is 0 Å². The van der Waals surface area contributed by atoms with E-state index in [9.17, 15) is 14.4 Å². The van der Waals surface area contributed by atoms with Crippen LogP contribution in [0, 0.1) is 28.5 Å². The van der Waals surface area contributed by atoms with Crippen LogP contribution in [0.3, 0.4) is 0 Å². The second-order valence-electron chi connectivity index (χ2n) is 7.00. The molecule has 0 saturated carbocycles. The third kappa shape index (κ3) is 4.09. The zero-order chi connectivity index (χ0) is 22.5. The first kappa shape index (κ1) is 20.5. The molecule has 3 aromatic carbocycles. The molecule has 1 N–H and O–H groups in total. The highest BCUT2D eigenvalue weighted by Crippen LogP contribution is 2.22. The van der Waals surface area contributed by atoms with Crippen molar-refractivity contribution in [1.29, 1.82) is 10.5 Å². The van der Waals surface area contributed by atoms with Crippen molar-refractivity contribution in [2.45, 2.75) is 6.54 Å². The van der Waals surface area contributed by atoms with Crippen LogP contribution < -0.4 is 5.43 Å². The number of carbonyl (C=O) groups is 1. The molecule has 0 bridgehead atoms. The number of aromatic nitrogens is 1. The molecule has 0 unspecified atom stereocenters. The van der Waals surface area contributed by atoms with Crippen LogP contribution in [0.5, 0.6) is 0 Å². The highest BCUT2D eigenvalue weighted by atomic mass is 19.1. The normalized spacial score (nSPS) is 10.7. The summed E-state index contributed by atoms with van der Waals surface area (Å²) in [5, 5.41) is 23.1. The third-order valence-electron chi connectivity index (χ3n) is 5.01. The molecule has 0 aliphatic heterocycles. The molecule has 154 valence electrons. The van der Waals surface area contributed by atoms with E-state index >= 15 is 0 Å². The predicted molar refractivity (Wildman–Crippen MR) is 118 cm³/mol. The lowest BCUT2D eigenvalue weighted by molar-refractivity contribution is 0.0951. The maximum absolute atomic E-state index is 14.0. The van der Waals surface area contributed by atoms with E-state index in [1.807, 2.05) is 59.3 Å². The Morgan fingerprint density at radius 3 is 2.62 bits per heavy atom. The molecule has 4 aromatic rings. The van der Waals surface area contributed by atoms with Gasteiger partial charge in [0.1, 0.15) is 5.82 Å². The van der Waals surface area contributed by atoms with Crippen molar-refractivity contribution in [3.8, 4) is 12.1 Å². The Morgan fingerprint density at radius 1 is 1.06 bits per heavy atom. The molecule has 0 saturated heterocycles. The minimum Gasteiger partial charge on any atom is -0.342 e. The lowest BCUT2D eigenvalue weighted by Crippen LogP contribution is -2.19. The van der Waals surface area contributed by atoms with Crippen molar-refractivity contribution in [2.75, 3.05) is 0 Å². The maximum atomic E-state index is 14.0. The maximum Gasteiger partial charge on any atom is 0.274 e. The Labute approximate surface area is 183 Å². The topological polar surface area (TPSA) is 94.0 Å². The largest absolute Gasteiger partial charge is 0.342 e. The number of hydrogen-bond donors (Lipinski definition) is 1. The summed E-state index contributed by atoms with van der Waals surface area (Å²) in [6.07, 6.45) is 3.38. The number of rotatable bonds is 5. The van der Waals surface area contributed by atoms with Crippen molar-refractivity contribution >= 4 is 23.0 Å². The van der Waals surface area contributed by atoms with E-state index in [1.165, 1.54) is 18.3 Å². The van der Waals surface area contributed by atoms with Gasteiger partial charge in [-0.15, -0.1) is 0 Å². The molecule has 0 aliphatic carbocycles. The fourth-order valence-corrected chi connectivity index (χ4v) is 3.45. The van der Waals surface area contributed by atoms with Crippen molar-refractivity contribution < 1.29 is 9.18 Å². The lowest BCUT2D eigenvalue weighted by atomic mass is 10.1. The van der Waals surface area contributed by atoms with Crippen LogP contribution in [0.15, 0.2) is 78.0 Å². The van der Waals surface area contributed by atoms with Gasteiger partial charge >= 0.3 is 0 Å². The first-order valence-corrected chi connectivity index (χ1v) is 9.69. The quantitative estimate of drug-likeness (QED) is 0.384. The summed E-state index contributed by atoms with van der Waals surface area (Å²) in [6, 6.07) is 22.8. The van der Waals surface area contributed by atoms with Gasteiger partial charge in [-0.05, 0) is 35.9 Å². The number of nitriles is 2. The summed E-state index contributed by atoms with van der Waals surface area (Å²) in [5.74, 6) is -1.50. The molecule has 6 nitrogen and oxygen atoms in total. The van der Waals surface area contributed by atoms with Crippen molar-refractivity contribution in [2.24, 2.45) is 5.10 Å². The summed E-state index contributed by atoms with van der Waals surface area (Å²) in [6.45, 7) is 0.501. The summed E-state index contributed by atoms with van der Waals surface area (Å²) in [5.41, 5.74) is 5.47. The van der Waals surface area contributed by atoms with Gasteiger partial charge in [0.15, 0.2) is 0 Å². The summed E-state index contributed by atoms with van der Waals surface area (Å²) in [7, 11) is 0. The standard InChI is InChI=1S/C25H16FN5O/c26-23-11-17(12-27)9-10-22(23)25(32)30-29-14-20-16-31(24-8-4-3-7-21(20)24)15-19-6-2-1-5-18(19)13-28/h1-11,14,16H,15H2,(H,30,32)/b29-14+. The molecule has 7 heteroatoms. The zero-order valence-corrected chi connectivity index (χ0v) is 16.8. The summed E-state index contributed by atoms with van der Waals surface area (Å²) >= 11 is 0. The number of nitrogens with one attached hydrogen (secondary N) is 1. The SMILES string of the molecule is N#Cc1ccc(C(=O)N/N=C/c2cn(Cc3ccccc3C#N)c3ccccc23)c(F)c1. The number of halogens is 1. The third-order valence-corrected chi connectivity index (χ3v) is 5.01. The number of carbonyl (C=O) groups excluding carboxylic acids is 1. The molecule has 0 aliphatic rings. The molecule has 1 amide bonds. The van der Waals surface area contributed by atoms with E-state index in [1.54, 1.807) is 6.07 Å². The highest BCUT2D eigenvalue weighted by molar-refractivity contribution is 6.00. The van der Waals surface area contributed by atoms with E-state index in [-0.39, 0.29) is 11.1 Å². The Kier molecular flexibility index (Phi) is 5.74. The second-order valence-corrected chi connectivity index (χ2v) is 7.00. The number of para-hydroxylation sites is 1. The highest BCUT2D eigenvalue weighted by Gasteiger charge is 2.12. The van der Waals surface area contributed by atoms with E-state index < -0.39 is 11.7 Å². The van der Waals surface area contributed by atoms with E-state index in [4.69, 9.17) is 5.26 Å². The number of hydrogen-bond acceptors (Lipinski definition) is 4. The molecule has 4 rings (SSSR count). The smallest absolute Gasteiger partial charge is 0.274 e. The number of fused-ring (bicyclic) bond motifs is 1. The summed E-state index contributed by atoms with van der Waals surface area (Å²) in [4.78, 5) is 12.3. The summed E-state index contributed by atoms with van der Waals surface area (Å²) < 4.78 is 16.0. The van der Waals surface area contributed by atoms with Gasteiger partial charge in [-0.3, -0.25) is 4.79 Å². The first-order valence-electron chi connectivity index (χ1n) is 9.69. The Morgan fingerprint density at radius 2 is 1.84 bits per heavy atom. The number of nitrogens with zero attached hydrogens (tertiary/aromatic N) is 4. The monoisotopic (exact) mass is 421 g/mol. The molecular weight excluding hydrogens is 405 g/mol. The van der Waals surface area contributed by atoms with Crippen LogP contribution in [0.25, 0.3) is 10.9 Å². The van der Waals surface area contributed by atoms with E-state index in [2.05, 4.69) is 16.6 Å². The minimum absolute atomic E-state index is 0.133. The number of benzene rings is 3. The van der Waals surface area contributed by atoms with Crippen LogP contribution in [-0.4, -0.2) is 16.7 Å². The molecule has 0 spiro atoms. The molecule has 1 heterocycles. The van der Waals surface area contributed by atoms with Crippen molar-refractivity contribution in [1.82, 2.24) is 9.99 Å². The van der Waals surface area contributed by atoms with Gasteiger partial charge in [-0.25, -0.2) is 9.82 Å². The van der Waals surface area contributed by atoms with Gasteiger partial charge in [-0.2, -0.15) is 15.6 Å². The average molecular weight is 421 g/mol. The molecule has 0 fully saturated rings. The second kappa shape index (κ2) is 8.95. The average Bonchev–Trinajstić information content (AvgIpc) is 3.16. The van der Waals surface area contributed by atoms with E-state index in [0.29, 0.717) is 12.1 Å². The van der Waals surface area contributed by atoms with E-state index in [0.717, 1.165) is 28.1 Å². The van der Waals surface area contributed by atoms with Crippen LogP contribution in [0.1, 0.15) is 32.6 Å². The minimum atomic E-state index is -0.787. The predicted octanol–water partition coefficient (Wildman–Crippen LogP) is 4.34. The van der Waals surface area contributed by atoms with Gasteiger partial charge < -0.3 is 4.57 Å². The fraction of sp³-hybridized carbons (Fsp3) is 0.0400. The fourth-order valence-electron chi connectivity index (χ4n) is 3.45. The molecular formula is C25H16FN5O. The van der Waals surface area contributed by atoms with Crippen molar-refractivity contribution in [3.05, 3.63) is 107 Å². The van der Waals surface area contributed by atoms with Crippen LogP contribution in [0.2, 0.25) is 0 Å². The number of amides is 1. The Balaban J connectivity index is 1.59. The number of hydrazone groups is 1. The van der Waals surface area contributed by atoms with Crippen LogP contribution in [0.4, 0.5) is 4.39 Å². The molecule has 0 radical (unpaired) electrons. The van der Waals surface area contributed by atoms with Gasteiger partial charge in [0, 0.05) is 29.2 Å². The van der Waals surface area contributed by atoms with Crippen molar-refractivity contribution in [3.63, 3.8) is 0 Å². The lowest BCUT2D eigenvalue weighted by Gasteiger charge is -2.07. The van der Waals surface area contributed by atoms with Gasteiger partial charge in [0.2, 0.25) is 0 Å². The first-order chi connectivity index (χ1) is 15.6. The van der Waals surface area contributed by atoms with Gasteiger partial charge in [-0.1, -0.05) is 36.4 Å². The van der Waals surface area contributed by atoms with Gasteiger partial charge in [0.05, 0.1) is 35.0 Å². The molecule has 1 aromatic heterocycles. The zero-order valence-electron chi connectivity index (χ0n) is 16.8. The molecule has 0 atom stereocenters. The molecule has 32 heavy (non-hydrogen) atoms. The Hall–Kier alpha value is -4.75.